The average Bonchev–Trinajstić information content (AvgIpc) is 3.37. The van der Waals surface area contributed by atoms with E-state index in [1.807, 2.05) is 13.8 Å². The summed E-state index contributed by atoms with van der Waals surface area (Å²) in [7, 11) is -1.71. The largest absolute Gasteiger partial charge is 0.493 e. The molecule has 1 saturated heterocycles. The number of halogens is 1. The summed E-state index contributed by atoms with van der Waals surface area (Å²) in [5.74, 6) is -0.435. The van der Waals surface area contributed by atoms with Crippen molar-refractivity contribution in [1.82, 2.24) is 4.90 Å². The van der Waals surface area contributed by atoms with Gasteiger partial charge in [0.15, 0.2) is 27.9 Å². The van der Waals surface area contributed by atoms with Gasteiger partial charge in [-0.3, -0.25) is 4.79 Å². The highest BCUT2D eigenvalue weighted by atomic mass is 35.5. The SMILES string of the molecule is COc1cc(C(=O)OCC(=O)N(C2CCCC2)C2CCS(=O)(=O)C2)cc(Cl)c1OC(C)C. The first-order chi connectivity index (χ1) is 15.1. The first-order valence-electron chi connectivity index (χ1n) is 10.8. The van der Waals surface area contributed by atoms with Crippen LogP contribution in [0.25, 0.3) is 0 Å². The van der Waals surface area contributed by atoms with Gasteiger partial charge in [0.1, 0.15) is 0 Å². The first kappa shape index (κ1) is 24.6. The van der Waals surface area contributed by atoms with Crippen LogP contribution in [0, 0.1) is 0 Å². The smallest absolute Gasteiger partial charge is 0.338 e. The van der Waals surface area contributed by atoms with E-state index in [0.717, 1.165) is 25.7 Å². The molecular formula is C22H30ClNO7S. The number of sulfone groups is 1. The highest BCUT2D eigenvalue weighted by Gasteiger charge is 2.39. The van der Waals surface area contributed by atoms with Crippen LogP contribution in [0.3, 0.4) is 0 Å². The molecule has 1 aliphatic carbocycles. The molecule has 8 nitrogen and oxygen atoms in total. The van der Waals surface area contributed by atoms with Crippen LogP contribution in [-0.2, 0) is 19.4 Å². The summed E-state index contributed by atoms with van der Waals surface area (Å²) >= 11 is 6.27. The van der Waals surface area contributed by atoms with Gasteiger partial charge in [0, 0.05) is 12.1 Å². The van der Waals surface area contributed by atoms with E-state index in [4.69, 9.17) is 25.8 Å². The lowest BCUT2D eigenvalue weighted by Crippen LogP contribution is -2.48. The minimum absolute atomic E-state index is 0.0125. The van der Waals surface area contributed by atoms with Crippen LogP contribution in [0.1, 0.15) is 56.3 Å². The van der Waals surface area contributed by atoms with E-state index < -0.39 is 22.4 Å². The Kier molecular flexibility index (Phi) is 7.92. The van der Waals surface area contributed by atoms with Gasteiger partial charge in [-0.15, -0.1) is 0 Å². The molecule has 2 aliphatic rings. The van der Waals surface area contributed by atoms with E-state index in [1.54, 1.807) is 4.90 Å². The molecular weight excluding hydrogens is 458 g/mol. The second-order valence-corrected chi connectivity index (χ2v) is 11.2. The quantitative estimate of drug-likeness (QED) is 0.519. The summed E-state index contributed by atoms with van der Waals surface area (Å²) in [5.41, 5.74) is 0.131. The maximum absolute atomic E-state index is 13.0. The van der Waals surface area contributed by atoms with Crippen LogP contribution in [-0.4, -0.2) is 68.6 Å². The molecule has 1 unspecified atom stereocenters. The molecule has 3 rings (SSSR count). The molecule has 2 fully saturated rings. The number of hydrogen-bond acceptors (Lipinski definition) is 7. The number of hydrogen-bond donors (Lipinski definition) is 0. The Bertz CT molecular complexity index is 957. The number of methoxy groups -OCH3 is 1. The van der Waals surface area contributed by atoms with E-state index in [-0.39, 0.29) is 51.9 Å². The van der Waals surface area contributed by atoms with E-state index in [1.165, 1.54) is 19.2 Å². The molecule has 32 heavy (non-hydrogen) atoms. The van der Waals surface area contributed by atoms with Crippen LogP contribution in [0.15, 0.2) is 12.1 Å². The van der Waals surface area contributed by atoms with Crippen molar-refractivity contribution >= 4 is 33.3 Å². The number of esters is 1. The van der Waals surface area contributed by atoms with Crippen molar-refractivity contribution in [2.24, 2.45) is 0 Å². The van der Waals surface area contributed by atoms with Gasteiger partial charge in [-0.1, -0.05) is 24.4 Å². The molecule has 0 spiro atoms. The molecule has 1 aromatic rings. The zero-order valence-electron chi connectivity index (χ0n) is 18.6. The van der Waals surface area contributed by atoms with Gasteiger partial charge in [-0.25, -0.2) is 13.2 Å². The van der Waals surface area contributed by atoms with Gasteiger partial charge in [0.25, 0.3) is 5.91 Å². The Morgan fingerprint density at radius 2 is 1.84 bits per heavy atom. The van der Waals surface area contributed by atoms with Crippen molar-refractivity contribution in [2.75, 3.05) is 25.2 Å². The Hall–Kier alpha value is -2.00. The summed E-state index contributed by atoms with van der Waals surface area (Å²) < 4.78 is 40.1. The Balaban J connectivity index is 1.71. The summed E-state index contributed by atoms with van der Waals surface area (Å²) in [6.45, 7) is 3.22. The zero-order chi connectivity index (χ0) is 23.5. The monoisotopic (exact) mass is 487 g/mol. The predicted octanol–water partition coefficient (Wildman–Crippen LogP) is 3.25. The fourth-order valence-corrected chi connectivity index (χ4v) is 6.32. The average molecular weight is 488 g/mol. The number of benzene rings is 1. The molecule has 0 bridgehead atoms. The lowest BCUT2D eigenvalue weighted by atomic mass is 10.1. The predicted molar refractivity (Wildman–Crippen MR) is 120 cm³/mol. The van der Waals surface area contributed by atoms with Crippen molar-refractivity contribution in [3.05, 3.63) is 22.7 Å². The zero-order valence-corrected chi connectivity index (χ0v) is 20.2. The molecule has 0 N–H and O–H groups in total. The van der Waals surface area contributed by atoms with Crippen LogP contribution in [0.2, 0.25) is 5.02 Å². The van der Waals surface area contributed by atoms with Crippen LogP contribution in [0.4, 0.5) is 0 Å². The molecule has 0 radical (unpaired) electrons. The lowest BCUT2D eigenvalue weighted by molar-refractivity contribution is -0.139. The Labute approximate surface area is 194 Å². The third kappa shape index (κ3) is 5.86. The van der Waals surface area contributed by atoms with Gasteiger partial charge >= 0.3 is 5.97 Å². The van der Waals surface area contributed by atoms with Crippen molar-refractivity contribution in [3.8, 4) is 11.5 Å². The van der Waals surface area contributed by atoms with Crippen LogP contribution < -0.4 is 9.47 Å². The molecule has 1 aromatic carbocycles. The summed E-state index contributed by atoms with van der Waals surface area (Å²) in [6.07, 6.45) is 3.94. The third-order valence-corrected chi connectivity index (χ3v) is 7.78. The number of carbonyl (C=O) groups is 2. The minimum Gasteiger partial charge on any atom is -0.493 e. The Morgan fingerprint density at radius 1 is 1.16 bits per heavy atom. The summed E-state index contributed by atoms with van der Waals surface area (Å²) in [5, 5.41) is 0.195. The van der Waals surface area contributed by atoms with Crippen molar-refractivity contribution in [3.63, 3.8) is 0 Å². The number of ether oxygens (including phenoxy) is 3. The molecule has 0 aromatic heterocycles. The van der Waals surface area contributed by atoms with Gasteiger partial charge < -0.3 is 19.1 Å². The fraction of sp³-hybridized carbons (Fsp3) is 0.636. The second kappa shape index (κ2) is 10.3. The van der Waals surface area contributed by atoms with E-state index in [2.05, 4.69) is 0 Å². The van der Waals surface area contributed by atoms with Gasteiger partial charge in [0.2, 0.25) is 0 Å². The fourth-order valence-electron chi connectivity index (χ4n) is 4.36. The van der Waals surface area contributed by atoms with E-state index >= 15 is 0 Å². The third-order valence-electron chi connectivity index (χ3n) is 5.75. The highest BCUT2D eigenvalue weighted by Crippen LogP contribution is 2.37. The molecule has 1 atom stereocenters. The number of rotatable bonds is 8. The van der Waals surface area contributed by atoms with Crippen LogP contribution in [0.5, 0.6) is 11.5 Å². The number of carbonyl (C=O) groups excluding carboxylic acids is 2. The lowest BCUT2D eigenvalue weighted by Gasteiger charge is -2.33. The van der Waals surface area contributed by atoms with Crippen LogP contribution >= 0.6 is 11.6 Å². The molecule has 1 heterocycles. The molecule has 1 aliphatic heterocycles. The topological polar surface area (TPSA) is 99.2 Å². The first-order valence-corrected chi connectivity index (χ1v) is 13.0. The molecule has 178 valence electrons. The number of amides is 1. The van der Waals surface area contributed by atoms with E-state index in [9.17, 15) is 18.0 Å². The minimum atomic E-state index is -3.15. The maximum atomic E-state index is 13.0. The Morgan fingerprint density at radius 3 is 2.41 bits per heavy atom. The van der Waals surface area contributed by atoms with Crippen molar-refractivity contribution < 1.29 is 32.2 Å². The summed E-state index contributed by atoms with van der Waals surface area (Å²) in [6, 6.07) is 2.49. The van der Waals surface area contributed by atoms with Crippen molar-refractivity contribution in [1.29, 1.82) is 0 Å². The highest BCUT2D eigenvalue weighted by molar-refractivity contribution is 7.91. The van der Waals surface area contributed by atoms with Gasteiger partial charge in [0.05, 0.1) is 35.3 Å². The van der Waals surface area contributed by atoms with Gasteiger partial charge in [-0.05, 0) is 45.2 Å². The van der Waals surface area contributed by atoms with E-state index in [0.29, 0.717) is 12.2 Å². The standard InChI is InChI=1S/C22H30ClNO7S/c1-14(2)31-21-18(23)10-15(11-19(21)29-3)22(26)30-12-20(25)24(16-6-4-5-7-16)17-8-9-32(27,28)13-17/h10-11,14,16-17H,4-9,12-13H2,1-3H3. The van der Waals surface area contributed by atoms with Crippen molar-refractivity contribution in [2.45, 2.75) is 64.1 Å². The molecule has 1 saturated carbocycles. The van der Waals surface area contributed by atoms with Gasteiger partial charge in [-0.2, -0.15) is 0 Å². The normalized spacial score (nSPS) is 20.3. The molecule has 10 heteroatoms. The summed E-state index contributed by atoms with van der Waals surface area (Å²) in [4.78, 5) is 27.3. The molecule has 1 amide bonds. The maximum Gasteiger partial charge on any atom is 0.338 e. The number of nitrogens with zero attached hydrogens (tertiary/aromatic N) is 1. The second-order valence-electron chi connectivity index (χ2n) is 8.53.